The summed E-state index contributed by atoms with van der Waals surface area (Å²) in [7, 11) is 1.96. The summed E-state index contributed by atoms with van der Waals surface area (Å²) in [6.07, 6.45) is 1.88. The maximum Gasteiger partial charge on any atom is 0.133 e. The molecule has 19 heavy (non-hydrogen) atoms. The Kier molecular flexibility index (Phi) is 4.53. The normalized spacial score (nSPS) is 10.5. The predicted octanol–water partition coefficient (Wildman–Crippen LogP) is 3.27. The van der Waals surface area contributed by atoms with Crippen molar-refractivity contribution >= 4 is 11.5 Å². The Bertz CT molecular complexity index is 537. The van der Waals surface area contributed by atoms with Gasteiger partial charge in [-0.15, -0.1) is 0 Å². The average Bonchev–Trinajstić information content (AvgIpc) is 2.41. The molecular weight excluding hydrogens is 234 g/mol. The molecule has 100 valence electrons. The van der Waals surface area contributed by atoms with Crippen LogP contribution in [0.25, 0.3) is 0 Å². The lowest BCUT2D eigenvalue weighted by atomic mass is 10.2. The highest BCUT2D eigenvalue weighted by atomic mass is 15.2. The fourth-order valence-corrected chi connectivity index (χ4v) is 2.19. The van der Waals surface area contributed by atoms with Crippen LogP contribution in [0.3, 0.4) is 0 Å². The van der Waals surface area contributed by atoms with Gasteiger partial charge in [0.25, 0.3) is 0 Å². The molecule has 0 unspecified atom stereocenters. The van der Waals surface area contributed by atoms with Crippen molar-refractivity contribution in [3.63, 3.8) is 0 Å². The summed E-state index contributed by atoms with van der Waals surface area (Å²) in [6, 6.07) is 12.7. The summed E-state index contributed by atoms with van der Waals surface area (Å²) < 4.78 is 0. The SMILES string of the molecule is CCN(c1cccc(C)c1)c1cc(CNC)ccn1. The van der Waals surface area contributed by atoms with E-state index < -0.39 is 0 Å². The van der Waals surface area contributed by atoms with Crippen LogP contribution in [0, 0.1) is 6.92 Å². The number of aromatic nitrogens is 1. The molecule has 0 aliphatic rings. The second-order valence-corrected chi connectivity index (χ2v) is 4.64. The van der Waals surface area contributed by atoms with Crippen molar-refractivity contribution in [1.82, 2.24) is 10.3 Å². The number of pyridine rings is 1. The first-order valence-corrected chi connectivity index (χ1v) is 6.68. The lowest BCUT2D eigenvalue weighted by Gasteiger charge is -2.23. The van der Waals surface area contributed by atoms with Crippen molar-refractivity contribution in [3.8, 4) is 0 Å². The van der Waals surface area contributed by atoms with Crippen LogP contribution in [-0.2, 0) is 6.54 Å². The molecule has 0 atom stereocenters. The van der Waals surface area contributed by atoms with E-state index in [-0.39, 0.29) is 0 Å². The topological polar surface area (TPSA) is 28.2 Å². The number of nitrogens with one attached hydrogen (secondary N) is 1. The number of hydrogen-bond acceptors (Lipinski definition) is 3. The maximum absolute atomic E-state index is 4.50. The number of hydrogen-bond donors (Lipinski definition) is 1. The van der Waals surface area contributed by atoms with Gasteiger partial charge in [-0.05, 0) is 56.3 Å². The lowest BCUT2D eigenvalue weighted by molar-refractivity contribution is 0.814. The number of anilines is 2. The Balaban J connectivity index is 2.33. The van der Waals surface area contributed by atoms with Crippen LogP contribution in [0.5, 0.6) is 0 Å². The minimum absolute atomic E-state index is 0.862. The molecule has 3 heteroatoms. The van der Waals surface area contributed by atoms with Crippen molar-refractivity contribution < 1.29 is 0 Å². The Morgan fingerprint density at radius 1 is 1.21 bits per heavy atom. The van der Waals surface area contributed by atoms with Crippen LogP contribution in [0.2, 0.25) is 0 Å². The van der Waals surface area contributed by atoms with Gasteiger partial charge in [-0.1, -0.05) is 12.1 Å². The van der Waals surface area contributed by atoms with Gasteiger partial charge >= 0.3 is 0 Å². The molecule has 3 nitrogen and oxygen atoms in total. The van der Waals surface area contributed by atoms with E-state index in [4.69, 9.17) is 0 Å². The molecule has 2 aromatic rings. The van der Waals surface area contributed by atoms with Gasteiger partial charge in [-0.2, -0.15) is 0 Å². The van der Waals surface area contributed by atoms with E-state index >= 15 is 0 Å². The fourth-order valence-electron chi connectivity index (χ4n) is 2.19. The van der Waals surface area contributed by atoms with Crippen LogP contribution in [-0.4, -0.2) is 18.6 Å². The van der Waals surface area contributed by atoms with Crippen LogP contribution in [0.1, 0.15) is 18.1 Å². The average molecular weight is 255 g/mol. The summed E-state index contributed by atoms with van der Waals surface area (Å²) in [6.45, 7) is 6.03. The molecule has 0 aliphatic heterocycles. The molecule has 0 radical (unpaired) electrons. The Morgan fingerprint density at radius 2 is 2.05 bits per heavy atom. The second kappa shape index (κ2) is 6.34. The number of nitrogens with zero attached hydrogens (tertiary/aromatic N) is 2. The monoisotopic (exact) mass is 255 g/mol. The standard InChI is InChI=1S/C16H21N3/c1-4-19(15-7-5-6-13(2)10-15)16-11-14(12-17-3)8-9-18-16/h5-11,17H,4,12H2,1-3H3. The van der Waals surface area contributed by atoms with E-state index in [0.29, 0.717) is 0 Å². The zero-order valence-corrected chi connectivity index (χ0v) is 11.9. The minimum Gasteiger partial charge on any atom is -0.327 e. The van der Waals surface area contributed by atoms with Crippen LogP contribution < -0.4 is 10.2 Å². The van der Waals surface area contributed by atoms with Gasteiger partial charge in [-0.25, -0.2) is 4.98 Å². The predicted molar refractivity (Wildman–Crippen MR) is 80.9 cm³/mol. The third kappa shape index (κ3) is 3.32. The zero-order valence-electron chi connectivity index (χ0n) is 11.9. The van der Waals surface area contributed by atoms with Crippen molar-refractivity contribution in [1.29, 1.82) is 0 Å². The summed E-state index contributed by atoms with van der Waals surface area (Å²) in [4.78, 5) is 6.73. The van der Waals surface area contributed by atoms with Gasteiger partial charge in [-0.3, -0.25) is 0 Å². The Hall–Kier alpha value is -1.87. The van der Waals surface area contributed by atoms with Crippen LogP contribution >= 0.6 is 0 Å². The molecule has 0 fully saturated rings. The third-order valence-corrected chi connectivity index (χ3v) is 3.10. The van der Waals surface area contributed by atoms with Crippen molar-refractivity contribution in [3.05, 3.63) is 53.7 Å². The maximum atomic E-state index is 4.50. The van der Waals surface area contributed by atoms with E-state index in [9.17, 15) is 0 Å². The van der Waals surface area contributed by atoms with Gasteiger partial charge in [0.1, 0.15) is 5.82 Å². The molecule has 0 aliphatic carbocycles. The van der Waals surface area contributed by atoms with Gasteiger partial charge in [0, 0.05) is 25.0 Å². The Labute approximate surface area is 115 Å². The molecule has 0 bridgehead atoms. The van der Waals surface area contributed by atoms with E-state index in [2.05, 4.69) is 59.4 Å². The molecule has 0 spiro atoms. The van der Waals surface area contributed by atoms with E-state index in [1.54, 1.807) is 0 Å². The summed E-state index contributed by atoms with van der Waals surface area (Å²) >= 11 is 0. The van der Waals surface area contributed by atoms with Crippen molar-refractivity contribution in [2.24, 2.45) is 0 Å². The van der Waals surface area contributed by atoms with E-state index in [1.165, 1.54) is 16.8 Å². The highest BCUT2D eigenvalue weighted by Crippen LogP contribution is 2.24. The largest absolute Gasteiger partial charge is 0.327 e. The quantitative estimate of drug-likeness (QED) is 0.888. The lowest BCUT2D eigenvalue weighted by Crippen LogP contribution is -2.18. The van der Waals surface area contributed by atoms with Crippen molar-refractivity contribution in [2.45, 2.75) is 20.4 Å². The van der Waals surface area contributed by atoms with E-state index in [0.717, 1.165) is 18.9 Å². The first-order chi connectivity index (χ1) is 9.24. The molecule has 2 rings (SSSR count). The van der Waals surface area contributed by atoms with Crippen LogP contribution in [0.4, 0.5) is 11.5 Å². The molecule has 0 amide bonds. The molecule has 1 heterocycles. The third-order valence-electron chi connectivity index (χ3n) is 3.10. The number of benzene rings is 1. The molecule has 1 N–H and O–H groups in total. The summed E-state index contributed by atoms with van der Waals surface area (Å²) in [5, 5.41) is 3.17. The summed E-state index contributed by atoms with van der Waals surface area (Å²) in [5.74, 6) is 1.00. The smallest absolute Gasteiger partial charge is 0.133 e. The zero-order chi connectivity index (χ0) is 13.7. The first-order valence-electron chi connectivity index (χ1n) is 6.68. The fraction of sp³-hybridized carbons (Fsp3) is 0.312. The highest BCUT2D eigenvalue weighted by molar-refractivity contribution is 5.61. The molecule has 0 saturated heterocycles. The summed E-state index contributed by atoms with van der Waals surface area (Å²) in [5.41, 5.74) is 3.71. The second-order valence-electron chi connectivity index (χ2n) is 4.64. The van der Waals surface area contributed by atoms with Crippen LogP contribution in [0.15, 0.2) is 42.6 Å². The van der Waals surface area contributed by atoms with Gasteiger partial charge in [0.2, 0.25) is 0 Å². The molecule has 0 saturated carbocycles. The van der Waals surface area contributed by atoms with Crippen molar-refractivity contribution in [2.75, 3.05) is 18.5 Å². The molecular formula is C16H21N3. The highest BCUT2D eigenvalue weighted by Gasteiger charge is 2.09. The van der Waals surface area contributed by atoms with Gasteiger partial charge in [0.15, 0.2) is 0 Å². The van der Waals surface area contributed by atoms with Gasteiger partial charge < -0.3 is 10.2 Å². The van der Waals surface area contributed by atoms with Gasteiger partial charge in [0.05, 0.1) is 0 Å². The molecule has 1 aromatic heterocycles. The minimum atomic E-state index is 0.862. The molecule has 1 aromatic carbocycles. The number of aryl methyl sites for hydroxylation is 1. The Morgan fingerprint density at radius 3 is 2.74 bits per heavy atom. The first kappa shape index (κ1) is 13.6. The van der Waals surface area contributed by atoms with E-state index in [1.807, 2.05) is 19.3 Å². The number of rotatable bonds is 5.